The van der Waals surface area contributed by atoms with Gasteiger partial charge in [0.2, 0.25) is 0 Å². The molecule has 0 aliphatic heterocycles. The molecule has 0 aliphatic carbocycles. The lowest BCUT2D eigenvalue weighted by Crippen LogP contribution is -2.38. The summed E-state index contributed by atoms with van der Waals surface area (Å²) < 4.78 is 7.65. The molecule has 1 aromatic carbocycles. The second kappa shape index (κ2) is 14.5. The molecular weight excluding hydrogens is 511 g/mol. The Morgan fingerprint density at radius 3 is 2.67 bits per heavy atom. The van der Waals surface area contributed by atoms with Crippen LogP contribution in [-0.4, -0.2) is 47.2 Å². The van der Waals surface area contributed by atoms with Gasteiger partial charge in [0.1, 0.15) is 11.6 Å². The highest BCUT2D eigenvalue weighted by Gasteiger charge is 2.12. The van der Waals surface area contributed by atoms with Crippen LogP contribution in [0, 0.1) is 5.92 Å². The summed E-state index contributed by atoms with van der Waals surface area (Å²) in [5.41, 5.74) is 1.07. The van der Waals surface area contributed by atoms with Crippen LogP contribution >= 0.6 is 35.7 Å². The average molecular weight is 547 g/mol. The van der Waals surface area contributed by atoms with Crippen LogP contribution < -0.4 is 15.4 Å². The minimum Gasteiger partial charge on any atom is -0.496 e. The smallest absolute Gasteiger partial charge is 0.191 e. The minimum atomic E-state index is 0. The third-order valence-electron chi connectivity index (χ3n) is 4.34. The van der Waals surface area contributed by atoms with Crippen molar-refractivity contribution in [3.8, 4) is 5.75 Å². The molecule has 2 N–H and O–H groups in total. The van der Waals surface area contributed by atoms with E-state index in [-0.39, 0.29) is 24.0 Å². The highest BCUT2D eigenvalue weighted by molar-refractivity contribution is 14.0. The monoisotopic (exact) mass is 546 g/mol. The van der Waals surface area contributed by atoms with E-state index in [1.165, 1.54) is 0 Å². The fourth-order valence-electron chi connectivity index (χ4n) is 3.00. The number of para-hydroxylation sites is 1. The minimum absolute atomic E-state index is 0. The molecule has 2 aromatic rings. The molecule has 0 atom stereocenters. The van der Waals surface area contributed by atoms with Crippen LogP contribution in [0.25, 0.3) is 0 Å². The Balaban J connectivity index is 0.00000450. The third-order valence-corrected chi connectivity index (χ3v) is 5.00. The number of guanidine groups is 1. The van der Waals surface area contributed by atoms with Gasteiger partial charge in [-0.05, 0) is 31.6 Å². The summed E-state index contributed by atoms with van der Waals surface area (Å²) in [5, 5.41) is 16.4. The summed E-state index contributed by atoms with van der Waals surface area (Å²) in [6, 6.07) is 7.97. The van der Waals surface area contributed by atoms with Crippen molar-refractivity contribution in [1.29, 1.82) is 0 Å². The SMILES string of the molecule is CCNC(=NCc1ccccc1OC)NCCCc1nnc(SC)n1CC(C)C.I. The normalized spacial score (nSPS) is 11.3. The van der Waals surface area contributed by atoms with Gasteiger partial charge in [0, 0.05) is 31.6 Å². The molecule has 0 bridgehead atoms. The second-order valence-electron chi connectivity index (χ2n) is 7.14. The van der Waals surface area contributed by atoms with Gasteiger partial charge in [0.25, 0.3) is 0 Å². The second-order valence-corrected chi connectivity index (χ2v) is 7.92. The van der Waals surface area contributed by atoms with Crippen molar-refractivity contribution in [2.45, 2.75) is 51.9 Å². The molecule has 0 amide bonds. The molecule has 168 valence electrons. The Morgan fingerprint density at radius 1 is 1.23 bits per heavy atom. The number of halogens is 1. The van der Waals surface area contributed by atoms with Crippen molar-refractivity contribution in [3.63, 3.8) is 0 Å². The third kappa shape index (κ3) is 8.33. The predicted molar refractivity (Wildman–Crippen MR) is 136 cm³/mol. The molecule has 9 heteroatoms. The maximum Gasteiger partial charge on any atom is 0.191 e. The maximum absolute atomic E-state index is 5.41. The van der Waals surface area contributed by atoms with E-state index in [4.69, 9.17) is 4.74 Å². The average Bonchev–Trinajstić information content (AvgIpc) is 3.10. The molecule has 0 saturated heterocycles. The Kier molecular flexibility index (Phi) is 12.8. The van der Waals surface area contributed by atoms with Gasteiger partial charge >= 0.3 is 0 Å². The predicted octanol–water partition coefficient (Wildman–Crippen LogP) is 3.97. The molecule has 0 unspecified atom stereocenters. The zero-order valence-corrected chi connectivity index (χ0v) is 21.8. The maximum atomic E-state index is 5.41. The summed E-state index contributed by atoms with van der Waals surface area (Å²) in [6.07, 6.45) is 3.90. The number of nitrogens with one attached hydrogen (secondary N) is 2. The summed E-state index contributed by atoms with van der Waals surface area (Å²) in [5.74, 6) is 3.30. The summed E-state index contributed by atoms with van der Waals surface area (Å²) >= 11 is 1.65. The first-order valence-electron chi connectivity index (χ1n) is 10.2. The van der Waals surface area contributed by atoms with E-state index >= 15 is 0 Å². The number of hydrogen-bond acceptors (Lipinski definition) is 5. The number of rotatable bonds is 11. The highest BCUT2D eigenvalue weighted by Crippen LogP contribution is 2.18. The van der Waals surface area contributed by atoms with E-state index in [9.17, 15) is 0 Å². The first kappa shape index (κ1) is 26.5. The van der Waals surface area contributed by atoms with Gasteiger partial charge in [-0.3, -0.25) is 0 Å². The number of ether oxygens (including phenoxy) is 1. The molecule has 2 rings (SSSR count). The van der Waals surface area contributed by atoms with Gasteiger partial charge in [0.15, 0.2) is 11.1 Å². The Bertz CT molecular complexity index is 781. The molecule has 1 heterocycles. The standard InChI is InChI=1S/C21H34N6OS.HI/c1-6-22-20(24-14-17-10-7-8-11-18(17)28-4)23-13-9-12-19-25-26-21(29-5)27(19)15-16(2)3;/h7-8,10-11,16H,6,9,12-15H2,1-5H3,(H2,22,23,24);1H. The van der Waals surface area contributed by atoms with Crippen molar-refractivity contribution in [2.24, 2.45) is 10.9 Å². The van der Waals surface area contributed by atoms with E-state index in [1.807, 2.05) is 30.5 Å². The summed E-state index contributed by atoms with van der Waals surface area (Å²) in [6.45, 7) is 9.66. The Morgan fingerprint density at radius 2 is 2.00 bits per heavy atom. The van der Waals surface area contributed by atoms with Gasteiger partial charge in [0.05, 0.1) is 13.7 Å². The van der Waals surface area contributed by atoms with Crippen LogP contribution in [0.5, 0.6) is 5.75 Å². The molecule has 30 heavy (non-hydrogen) atoms. The molecule has 7 nitrogen and oxygen atoms in total. The lowest BCUT2D eigenvalue weighted by molar-refractivity contribution is 0.410. The zero-order chi connectivity index (χ0) is 21.1. The van der Waals surface area contributed by atoms with E-state index in [2.05, 4.69) is 51.2 Å². The van der Waals surface area contributed by atoms with Crippen LogP contribution in [0.15, 0.2) is 34.4 Å². The fraction of sp³-hybridized carbons (Fsp3) is 0.571. The van der Waals surface area contributed by atoms with Crippen LogP contribution in [-0.2, 0) is 19.5 Å². The number of benzene rings is 1. The number of aliphatic imine (C=N–C) groups is 1. The molecule has 0 saturated carbocycles. The summed E-state index contributed by atoms with van der Waals surface area (Å²) in [4.78, 5) is 4.69. The van der Waals surface area contributed by atoms with Gasteiger partial charge in [-0.15, -0.1) is 34.2 Å². The highest BCUT2D eigenvalue weighted by atomic mass is 127. The zero-order valence-electron chi connectivity index (χ0n) is 18.6. The topological polar surface area (TPSA) is 76.4 Å². The van der Waals surface area contributed by atoms with Crippen molar-refractivity contribution in [3.05, 3.63) is 35.7 Å². The Hall–Kier alpha value is -1.49. The summed E-state index contributed by atoms with van der Waals surface area (Å²) in [7, 11) is 1.69. The number of nitrogens with zero attached hydrogens (tertiary/aromatic N) is 4. The van der Waals surface area contributed by atoms with Crippen LogP contribution in [0.4, 0.5) is 0 Å². The number of aryl methyl sites for hydroxylation is 1. The molecule has 0 fully saturated rings. The number of hydrogen-bond donors (Lipinski definition) is 2. The van der Waals surface area contributed by atoms with Crippen molar-refractivity contribution < 1.29 is 4.74 Å². The van der Waals surface area contributed by atoms with Crippen LogP contribution in [0.2, 0.25) is 0 Å². The fourth-order valence-corrected chi connectivity index (χ4v) is 3.52. The Labute approximate surface area is 201 Å². The van der Waals surface area contributed by atoms with Gasteiger partial charge in [-0.25, -0.2) is 4.99 Å². The molecular formula is C21H35IN6OS. The number of aromatic nitrogens is 3. The quantitative estimate of drug-likeness (QED) is 0.146. The number of thioether (sulfide) groups is 1. The molecule has 0 radical (unpaired) electrons. The van der Waals surface area contributed by atoms with Gasteiger partial charge < -0.3 is 19.9 Å². The van der Waals surface area contributed by atoms with Crippen molar-refractivity contribution in [1.82, 2.24) is 25.4 Å². The molecule has 0 aliphatic rings. The van der Waals surface area contributed by atoms with Crippen molar-refractivity contribution in [2.75, 3.05) is 26.5 Å². The van der Waals surface area contributed by atoms with E-state index < -0.39 is 0 Å². The largest absolute Gasteiger partial charge is 0.496 e. The lowest BCUT2D eigenvalue weighted by atomic mass is 10.2. The van der Waals surface area contributed by atoms with E-state index in [0.717, 1.165) is 60.7 Å². The van der Waals surface area contributed by atoms with Gasteiger partial charge in [-0.1, -0.05) is 43.8 Å². The van der Waals surface area contributed by atoms with Gasteiger partial charge in [-0.2, -0.15) is 0 Å². The van der Waals surface area contributed by atoms with Crippen LogP contribution in [0.3, 0.4) is 0 Å². The van der Waals surface area contributed by atoms with E-state index in [0.29, 0.717) is 12.5 Å². The lowest BCUT2D eigenvalue weighted by Gasteiger charge is -2.13. The first-order valence-corrected chi connectivity index (χ1v) is 11.4. The first-order chi connectivity index (χ1) is 14.1. The van der Waals surface area contributed by atoms with E-state index in [1.54, 1.807) is 18.9 Å². The number of methoxy groups -OCH3 is 1. The molecule has 0 spiro atoms. The van der Waals surface area contributed by atoms with Crippen molar-refractivity contribution >= 4 is 41.7 Å². The van der Waals surface area contributed by atoms with Crippen LogP contribution in [0.1, 0.15) is 38.6 Å². The molecule has 1 aromatic heterocycles.